The maximum absolute atomic E-state index is 6.03. The minimum atomic E-state index is 0.954. The van der Waals surface area contributed by atoms with Gasteiger partial charge in [-0.3, -0.25) is 0 Å². The Morgan fingerprint density at radius 1 is 0.583 bits per heavy atom. The number of para-hydroxylation sites is 1. The van der Waals surface area contributed by atoms with Crippen molar-refractivity contribution in [1.29, 1.82) is 0 Å². The molecule has 0 atom stereocenters. The maximum atomic E-state index is 6.03. The second-order valence-corrected chi connectivity index (χ2v) is 7.26. The smallest absolute Gasteiger partial charge is 0.136 e. The number of fused-ring (bicyclic) bond motifs is 8. The molecule has 0 unspecified atom stereocenters. The van der Waals surface area contributed by atoms with Crippen LogP contribution in [0.5, 0.6) is 0 Å². The Morgan fingerprint density at radius 2 is 1.42 bits per heavy atom. The van der Waals surface area contributed by atoms with Gasteiger partial charge in [0.2, 0.25) is 0 Å². The zero-order valence-corrected chi connectivity index (χ0v) is 13.6. The van der Waals surface area contributed by atoms with E-state index in [0.717, 1.165) is 11.2 Å². The maximum Gasteiger partial charge on any atom is 0.136 e. The highest BCUT2D eigenvalue weighted by Crippen LogP contribution is 2.40. The third kappa shape index (κ3) is 1.53. The lowest BCUT2D eigenvalue weighted by molar-refractivity contribution is 0.669. The molecule has 2 heteroatoms. The van der Waals surface area contributed by atoms with Crippen LogP contribution in [0.25, 0.3) is 52.9 Å². The third-order valence-corrected chi connectivity index (χ3v) is 6.08. The fourth-order valence-electron chi connectivity index (χ4n) is 3.73. The number of thiophene rings is 1. The first-order valence-electron chi connectivity index (χ1n) is 8.04. The van der Waals surface area contributed by atoms with Crippen molar-refractivity contribution in [3.8, 4) is 0 Å². The van der Waals surface area contributed by atoms with Gasteiger partial charge in [0.1, 0.15) is 11.2 Å². The van der Waals surface area contributed by atoms with Gasteiger partial charge >= 0.3 is 0 Å². The van der Waals surface area contributed by atoms with E-state index in [1.807, 2.05) is 23.5 Å². The van der Waals surface area contributed by atoms with E-state index in [2.05, 4.69) is 60.7 Å². The summed E-state index contributed by atoms with van der Waals surface area (Å²) in [5.41, 5.74) is 1.92. The fraction of sp³-hybridized carbons (Fsp3) is 0. The molecular weight excluding hydrogens is 312 g/mol. The number of hydrogen-bond donors (Lipinski definition) is 0. The lowest BCUT2D eigenvalue weighted by atomic mass is 10.0. The topological polar surface area (TPSA) is 13.1 Å². The quantitative estimate of drug-likeness (QED) is 0.290. The summed E-state index contributed by atoms with van der Waals surface area (Å²) in [6, 6.07) is 25.8. The molecule has 4 aromatic carbocycles. The van der Waals surface area contributed by atoms with Gasteiger partial charge < -0.3 is 4.42 Å². The SMILES string of the molecule is c1ccc2c(c1)oc1cc3ccc4c5ccccc5sc4c3cc12. The Balaban J connectivity index is 1.87. The minimum Gasteiger partial charge on any atom is -0.456 e. The molecule has 24 heavy (non-hydrogen) atoms. The van der Waals surface area contributed by atoms with Gasteiger partial charge in [-0.05, 0) is 29.7 Å². The average Bonchev–Trinajstić information content (AvgIpc) is 3.18. The fourth-order valence-corrected chi connectivity index (χ4v) is 4.95. The predicted molar refractivity (Wildman–Crippen MR) is 104 cm³/mol. The van der Waals surface area contributed by atoms with Gasteiger partial charge in [0.15, 0.2) is 0 Å². The monoisotopic (exact) mass is 324 g/mol. The first kappa shape index (κ1) is 12.6. The van der Waals surface area contributed by atoms with Crippen molar-refractivity contribution in [3.63, 3.8) is 0 Å². The summed E-state index contributed by atoms with van der Waals surface area (Å²) in [5, 5.41) is 7.62. The van der Waals surface area contributed by atoms with E-state index in [1.165, 1.54) is 41.7 Å². The second kappa shape index (κ2) is 4.37. The molecule has 0 saturated heterocycles. The summed E-state index contributed by atoms with van der Waals surface area (Å²) < 4.78 is 8.74. The van der Waals surface area contributed by atoms with Crippen molar-refractivity contribution in [3.05, 3.63) is 72.8 Å². The molecule has 0 bridgehead atoms. The summed E-state index contributed by atoms with van der Waals surface area (Å²) in [4.78, 5) is 0. The third-order valence-electron chi connectivity index (χ3n) is 4.86. The van der Waals surface area contributed by atoms with Crippen LogP contribution in [0.3, 0.4) is 0 Å². The molecular formula is C22H12OS. The minimum absolute atomic E-state index is 0.954. The molecule has 1 nitrogen and oxygen atoms in total. The van der Waals surface area contributed by atoms with Gasteiger partial charge in [0.25, 0.3) is 0 Å². The summed E-state index contributed by atoms with van der Waals surface area (Å²) in [7, 11) is 0. The van der Waals surface area contributed by atoms with Crippen LogP contribution in [-0.4, -0.2) is 0 Å². The van der Waals surface area contributed by atoms with Crippen molar-refractivity contribution < 1.29 is 4.42 Å². The van der Waals surface area contributed by atoms with Crippen LogP contribution in [0.4, 0.5) is 0 Å². The zero-order valence-electron chi connectivity index (χ0n) is 12.7. The zero-order chi connectivity index (χ0) is 15.7. The number of benzene rings is 4. The Hall–Kier alpha value is -2.84. The first-order chi connectivity index (χ1) is 11.9. The second-order valence-electron chi connectivity index (χ2n) is 6.21. The molecule has 0 N–H and O–H groups in total. The van der Waals surface area contributed by atoms with Gasteiger partial charge in [0, 0.05) is 36.3 Å². The van der Waals surface area contributed by atoms with Crippen molar-refractivity contribution in [1.82, 2.24) is 0 Å². The van der Waals surface area contributed by atoms with Crippen molar-refractivity contribution in [2.75, 3.05) is 0 Å². The Kier molecular flexibility index (Phi) is 2.29. The van der Waals surface area contributed by atoms with E-state index in [-0.39, 0.29) is 0 Å². The molecule has 0 radical (unpaired) electrons. The molecule has 0 amide bonds. The Bertz CT molecular complexity index is 1400. The number of furan rings is 1. The van der Waals surface area contributed by atoms with Gasteiger partial charge in [-0.15, -0.1) is 11.3 Å². The Labute approximate surface area is 141 Å². The van der Waals surface area contributed by atoms with Crippen LogP contribution in [-0.2, 0) is 0 Å². The largest absolute Gasteiger partial charge is 0.456 e. The molecule has 2 aromatic heterocycles. The Morgan fingerprint density at radius 3 is 2.38 bits per heavy atom. The van der Waals surface area contributed by atoms with E-state index in [0.29, 0.717) is 0 Å². The molecule has 0 aliphatic heterocycles. The van der Waals surface area contributed by atoms with Gasteiger partial charge in [-0.25, -0.2) is 0 Å². The molecule has 6 rings (SSSR count). The normalized spacial score (nSPS) is 12.2. The molecule has 2 heterocycles. The van der Waals surface area contributed by atoms with Crippen LogP contribution in [0, 0.1) is 0 Å². The average molecular weight is 324 g/mol. The number of hydrogen-bond acceptors (Lipinski definition) is 2. The highest BCUT2D eigenvalue weighted by molar-refractivity contribution is 7.26. The van der Waals surface area contributed by atoms with Crippen LogP contribution >= 0.6 is 11.3 Å². The summed E-state index contributed by atoms with van der Waals surface area (Å²) >= 11 is 1.88. The van der Waals surface area contributed by atoms with Crippen molar-refractivity contribution in [2.45, 2.75) is 0 Å². The van der Waals surface area contributed by atoms with Gasteiger partial charge in [-0.2, -0.15) is 0 Å². The molecule has 0 saturated carbocycles. The van der Waals surface area contributed by atoms with Gasteiger partial charge in [0.05, 0.1) is 0 Å². The molecule has 112 valence electrons. The van der Waals surface area contributed by atoms with E-state index in [9.17, 15) is 0 Å². The van der Waals surface area contributed by atoms with E-state index < -0.39 is 0 Å². The van der Waals surface area contributed by atoms with Gasteiger partial charge in [-0.1, -0.05) is 48.5 Å². The predicted octanol–water partition coefficient (Wildman–Crippen LogP) is 7.11. The van der Waals surface area contributed by atoms with E-state index in [1.54, 1.807) is 0 Å². The highest BCUT2D eigenvalue weighted by Gasteiger charge is 2.12. The molecule has 0 aliphatic rings. The summed E-state index contributed by atoms with van der Waals surface area (Å²) in [6.07, 6.45) is 0. The molecule has 6 aromatic rings. The van der Waals surface area contributed by atoms with Crippen LogP contribution in [0.15, 0.2) is 77.2 Å². The number of rotatable bonds is 0. The lowest BCUT2D eigenvalue weighted by Crippen LogP contribution is -1.74. The summed E-state index contributed by atoms with van der Waals surface area (Å²) in [6.45, 7) is 0. The van der Waals surface area contributed by atoms with Crippen LogP contribution in [0.1, 0.15) is 0 Å². The first-order valence-corrected chi connectivity index (χ1v) is 8.85. The highest BCUT2D eigenvalue weighted by atomic mass is 32.1. The molecule has 0 spiro atoms. The van der Waals surface area contributed by atoms with E-state index >= 15 is 0 Å². The molecule has 0 fully saturated rings. The summed E-state index contributed by atoms with van der Waals surface area (Å²) in [5.74, 6) is 0. The van der Waals surface area contributed by atoms with Crippen LogP contribution in [0.2, 0.25) is 0 Å². The van der Waals surface area contributed by atoms with Crippen molar-refractivity contribution in [2.24, 2.45) is 0 Å². The van der Waals surface area contributed by atoms with Crippen molar-refractivity contribution >= 4 is 64.2 Å². The standard InChI is InChI=1S/C22H12OS/c1-3-7-19-14(5-1)18-12-17-13(11-20(18)23-19)9-10-16-15-6-2-4-8-21(15)24-22(16)17/h1-12H. The molecule has 0 aliphatic carbocycles. The lowest BCUT2D eigenvalue weighted by Gasteiger charge is -2.00. The van der Waals surface area contributed by atoms with E-state index in [4.69, 9.17) is 4.42 Å². The van der Waals surface area contributed by atoms with Crippen LogP contribution < -0.4 is 0 Å².